The Morgan fingerprint density at radius 3 is 2.68 bits per heavy atom. The highest BCUT2D eigenvalue weighted by molar-refractivity contribution is 6.17. The van der Waals surface area contributed by atoms with Gasteiger partial charge in [0.2, 0.25) is 11.8 Å². The first-order valence-electron chi connectivity index (χ1n) is 5.90. The normalized spacial score (nSPS) is 14.3. The average molecular weight is 264 g/mol. The largest absolute Gasteiger partial charge is 0.481 e. The van der Waals surface area contributed by atoms with Gasteiger partial charge in [-0.3, -0.25) is 4.79 Å². The van der Waals surface area contributed by atoms with Gasteiger partial charge in [0, 0.05) is 6.07 Å². The molecule has 0 saturated heterocycles. The first-order valence-corrected chi connectivity index (χ1v) is 5.90. The van der Waals surface area contributed by atoms with Crippen LogP contribution in [0.25, 0.3) is 0 Å². The number of rotatable bonds is 1. The number of carbonyl (C=O) groups is 2. The summed E-state index contributed by atoms with van der Waals surface area (Å²) >= 11 is 0. The van der Waals surface area contributed by atoms with Crippen LogP contribution in [0.2, 0.25) is 0 Å². The maximum Gasteiger partial charge on any atom is 0.421 e. The van der Waals surface area contributed by atoms with Gasteiger partial charge in [-0.15, -0.1) is 0 Å². The molecule has 1 aliphatic rings. The molecule has 19 heavy (non-hydrogen) atoms. The summed E-state index contributed by atoms with van der Waals surface area (Å²) in [5.74, 6) is 0.0943. The van der Waals surface area contributed by atoms with E-state index in [9.17, 15) is 9.59 Å². The number of hydrogen-bond donors (Lipinski definition) is 0. The number of aromatic nitrogens is 1. The van der Waals surface area contributed by atoms with Crippen molar-refractivity contribution in [1.82, 2.24) is 4.98 Å². The molecule has 0 N–H and O–H groups in total. The second kappa shape index (κ2) is 4.53. The highest BCUT2D eigenvalue weighted by Crippen LogP contribution is 2.31. The Morgan fingerprint density at radius 2 is 2.11 bits per heavy atom. The average Bonchev–Trinajstić information content (AvgIpc) is 2.61. The van der Waals surface area contributed by atoms with E-state index in [1.54, 1.807) is 26.8 Å². The maximum absolute atomic E-state index is 12.0. The van der Waals surface area contributed by atoms with E-state index in [0.717, 1.165) is 4.90 Å². The van der Waals surface area contributed by atoms with Crippen molar-refractivity contribution in [3.8, 4) is 5.88 Å². The molecule has 6 heteroatoms. The van der Waals surface area contributed by atoms with E-state index in [1.165, 1.54) is 13.3 Å². The fraction of sp³-hybridized carbons (Fsp3) is 0.462. The van der Waals surface area contributed by atoms with Crippen LogP contribution in [0.5, 0.6) is 5.88 Å². The standard InChI is InChI=1S/C13H16N2O4/c1-13(2,3)19-12(17)15-9-7-14-10(18-4)5-8(9)6-11(15)16/h5,7H,6H2,1-4H3. The lowest BCUT2D eigenvalue weighted by atomic mass is 10.2. The SMILES string of the molecule is COc1cc2c(cn1)N(C(=O)OC(C)(C)C)C(=O)C2. The minimum atomic E-state index is -0.678. The monoisotopic (exact) mass is 264 g/mol. The van der Waals surface area contributed by atoms with Crippen LogP contribution in [-0.2, 0) is 16.0 Å². The molecule has 1 aromatic heterocycles. The van der Waals surface area contributed by atoms with Crippen molar-refractivity contribution in [3.05, 3.63) is 17.8 Å². The van der Waals surface area contributed by atoms with Crippen LogP contribution in [0.4, 0.5) is 10.5 Å². The predicted molar refractivity (Wildman–Crippen MR) is 68.2 cm³/mol. The zero-order valence-electron chi connectivity index (χ0n) is 11.4. The van der Waals surface area contributed by atoms with Gasteiger partial charge in [-0.1, -0.05) is 0 Å². The second-order valence-corrected chi connectivity index (χ2v) is 5.24. The van der Waals surface area contributed by atoms with Gasteiger partial charge >= 0.3 is 6.09 Å². The quantitative estimate of drug-likeness (QED) is 0.775. The fourth-order valence-corrected chi connectivity index (χ4v) is 1.81. The first-order chi connectivity index (χ1) is 8.81. The number of hydrogen-bond acceptors (Lipinski definition) is 5. The van der Waals surface area contributed by atoms with Crippen molar-refractivity contribution in [2.75, 3.05) is 12.0 Å². The molecule has 0 bridgehead atoms. The summed E-state index contributed by atoms with van der Waals surface area (Å²) in [6, 6.07) is 1.65. The zero-order valence-corrected chi connectivity index (χ0v) is 11.4. The van der Waals surface area contributed by atoms with Crippen LogP contribution in [0, 0.1) is 0 Å². The smallest absolute Gasteiger partial charge is 0.421 e. The zero-order chi connectivity index (χ0) is 14.2. The van der Waals surface area contributed by atoms with Crippen LogP contribution < -0.4 is 9.64 Å². The Labute approximate surface area is 111 Å². The highest BCUT2D eigenvalue weighted by atomic mass is 16.6. The minimum absolute atomic E-state index is 0.146. The molecule has 1 aliphatic heterocycles. The number of ether oxygens (including phenoxy) is 2. The summed E-state index contributed by atoms with van der Waals surface area (Å²) in [4.78, 5) is 29.0. The lowest BCUT2D eigenvalue weighted by Crippen LogP contribution is -2.38. The van der Waals surface area contributed by atoms with Gasteiger partial charge in [0.15, 0.2) is 0 Å². The Morgan fingerprint density at radius 1 is 1.42 bits per heavy atom. The van der Waals surface area contributed by atoms with Gasteiger partial charge in [0.1, 0.15) is 5.60 Å². The van der Waals surface area contributed by atoms with Crippen LogP contribution in [0.3, 0.4) is 0 Å². The number of amides is 2. The molecule has 0 aliphatic carbocycles. The molecule has 0 saturated carbocycles. The molecule has 1 aromatic rings. The molecule has 0 aromatic carbocycles. The first kappa shape index (κ1) is 13.3. The van der Waals surface area contributed by atoms with Crippen LogP contribution in [0.15, 0.2) is 12.3 Å². The van der Waals surface area contributed by atoms with Gasteiger partial charge in [-0.25, -0.2) is 14.7 Å². The van der Waals surface area contributed by atoms with E-state index in [4.69, 9.17) is 9.47 Å². The van der Waals surface area contributed by atoms with Crippen molar-refractivity contribution in [2.45, 2.75) is 32.8 Å². The molecule has 2 amide bonds. The number of pyridine rings is 1. The Bertz CT molecular complexity index is 534. The van der Waals surface area contributed by atoms with Crippen molar-refractivity contribution >= 4 is 17.7 Å². The van der Waals surface area contributed by atoms with Gasteiger partial charge in [-0.05, 0) is 26.3 Å². The molecule has 0 unspecified atom stereocenters. The summed E-state index contributed by atoms with van der Waals surface area (Å²) in [6.07, 6.45) is 0.916. The second-order valence-electron chi connectivity index (χ2n) is 5.24. The van der Waals surface area contributed by atoms with Crippen LogP contribution in [0.1, 0.15) is 26.3 Å². The number of methoxy groups -OCH3 is 1. The maximum atomic E-state index is 12.0. The van der Waals surface area contributed by atoms with Crippen molar-refractivity contribution in [2.24, 2.45) is 0 Å². The van der Waals surface area contributed by atoms with Crippen molar-refractivity contribution in [1.29, 1.82) is 0 Å². The van der Waals surface area contributed by atoms with E-state index in [-0.39, 0.29) is 12.3 Å². The molecule has 0 spiro atoms. The number of imide groups is 1. The molecule has 6 nitrogen and oxygen atoms in total. The summed E-state index contributed by atoms with van der Waals surface area (Å²) in [7, 11) is 1.50. The topological polar surface area (TPSA) is 68.7 Å². The molecule has 0 atom stereocenters. The van der Waals surface area contributed by atoms with E-state index < -0.39 is 11.7 Å². The van der Waals surface area contributed by atoms with E-state index >= 15 is 0 Å². The lowest BCUT2D eigenvalue weighted by Gasteiger charge is -2.23. The van der Waals surface area contributed by atoms with Crippen molar-refractivity contribution in [3.63, 3.8) is 0 Å². The van der Waals surface area contributed by atoms with Gasteiger partial charge in [0.25, 0.3) is 0 Å². The van der Waals surface area contributed by atoms with Crippen LogP contribution in [-0.4, -0.2) is 29.7 Å². The van der Waals surface area contributed by atoms with E-state index in [2.05, 4.69) is 4.98 Å². The molecule has 102 valence electrons. The summed E-state index contributed by atoms with van der Waals surface area (Å²) in [5, 5.41) is 0. The number of fused-ring (bicyclic) bond motifs is 1. The molecular weight excluding hydrogens is 248 g/mol. The van der Waals surface area contributed by atoms with E-state index in [1.807, 2.05) is 0 Å². The highest BCUT2D eigenvalue weighted by Gasteiger charge is 2.36. The Kier molecular flexibility index (Phi) is 3.18. The summed E-state index contributed by atoms with van der Waals surface area (Å²) in [5.41, 5.74) is 0.516. The number of anilines is 1. The van der Waals surface area contributed by atoms with Gasteiger partial charge in [0.05, 0.1) is 25.4 Å². The summed E-state index contributed by atoms with van der Waals surface area (Å²) in [6.45, 7) is 5.25. The van der Waals surface area contributed by atoms with Crippen LogP contribution >= 0.6 is 0 Å². The molecule has 2 heterocycles. The Hall–Kier alpha value is -2.11. The summed E-state index contributed by atoms with van der Waals surface area (Å²) < 4.78 is 10.2. The number of carbonyl (C=O) groups excluding carboxylic acids is 2. The lowest BCUT2D eigenvalue weighted by molar-refractivity contribution is -0.117. The minimum Gasteiger partial charge on any atom is -0.481 e. The Balaban J connectivity index is 2.30. The fourth-order valence-electron chi connectivity index (χ4n) is 1.81. The third kappa shape index (κ3) is 2.67. The third-order valence-corrected chi connectivity index (χ3v) is 2.56. The van der Waals surface area contributed by atoms with E-state index in [0.29, 0.717) is 17.1 Å². The molecule has 0 radical (unpaired) electrons. The van der Waals surface area contributed by atoms with Gasteiger partial charge in [-0.2, -0.15) is 0 Å². The van der Waals surface area contributed by atoms with Crippen molar-refractivity contribution < 1.29 is 19.1 Å². The molecular formula is C13H16N2O4. The van der Waals surface area contributed by atoms with Gasteiger partial charge < -0.3 is 9.47 Å². The number of nitrogens with zero attached hydrogens (tertiary/aromatic N) is 2. The molecule has 0 fully saturated rings. The third-order valence-electron chi connectivity index (χ3n) is 2.56. The molecule has 2 rings (SSSR count). The predicted octanol–water partition coefficient (Wildman–Crippen LogP) is 1.91.